The predicted octanol–water partition coefficient (Wildman–Crippen LogP) is 2.56. The second-order valence-corrected chi connectivity index (χ2v) is 8.54. The zero-order valence-corrected chi connectivity index (χ0v) is 17.3. The maximum Gasteiger partial charge on any atom is 0.236 e. The lowest BCUT2D eigenvalue weighted by molar-refractivity contribution is -0.134. The van der Waals surface area contributed by atoms with Crippen LogP contribution in [0.3, 0.4) is 0 Å². The number of hydrogen-bond donors (Lipinski definition) is 0. The van der Waals surface area contributed by atoms with Crippen LogP contribution in [0, 0.1) is 6.92 Å². The summed E-state index contributed by atoms with van der Waals surface area (Å²) < 4.78 is 10.8. The molecule has 1 amide bonds. The molecule has 6 nitrogen and oxygen atoms in total. The van der Waals surface area contributed by atoms with E-state index >= 15 is 0 Å². The van der Waals surface area contributed by atoms with Gasteiger partial charge in [-0.1, -0.05) is 6.07 Å². The number of carbonyl (C=O) groups excluding carboxylic acids is 1. The molecule has 1 aromatic heterocycles. The number of carbonyl (C=O) groups is 1. The van der Waals surface area contributed by atoms with E-state index in [9.17, 15) is 4.79 Å². The molecule has 0 bridgehead atoms. The van der Waals surface area contributed by atoms with Crippen LogP contribution in [0.2, 0.25) is 0 Å². The number of benzene rings is 1. The third kappa shape index (κ3) is 4.48. The number of piperazine rings is 1. The number of fused-ring (bicyclic) bond motifs is 1. The zero-order valence-electron chi connectivity index (χ0n) is 16.5. The van der Waals surface area contributed by atoms with E-state index in [0.29, 0.717) is 13.3 Å². The molecule has 2 aromatic rings. The predicted molar refractivity (Wildman–Crippen MR) is 110 cm³/mol. The molecule has 3 heterocycles. The van der Waals surface area contributed by atoms with Crippen molar-refractivity contribution in [1.29, 1.82) is 0 Å². The summed E-state index contributed by atoms with van der Waals surface area (Å²) in [6.07, 6.45) is 0. The highest BCUT2D eigenvalue weighted by Crippen LogP contribution is 2.32. The van der Waals surface area contributed by atoms with Crippen molar-refractivity contribution in [2.45, 2.75) is 20.0 Å². The minimum absolute atomic E-state index is 0.222. The van der Waals surface area contributed by atoms with Gasteiger partial charge in [0.15, 0.2) is 11.5 Å². The van der Waals surface area contributed by atoms with Gasteiger partial charge in [-0.3, -0.25) is 14.6 Å². The lowest BCUT2D eigenvalue weighted by Gasteiger charge is -2.35. The van der Waals surface area contributed by atoms with Crippen molar-refractivity contribution in [3.8, 4) is 11.5 Å². The molecule has 2 aliphatic rings. The van der Waals surface area contributed by atoms with Crippen LogP contribution >= 0.6 is 11.3 Å². The normalized spacial score (nSPS) is 16.8. The fourth-order valence-corrected chi connectivity index (χ4v) is 4.64. The second-order valence-electron chi connectivity index (χ2n) is 7.54. The minimum atomic E-state index is 0.222. The molecule has 28 heavy (non-hydrogen) atoms. The molecule has 0 radical (unpaired) electrons. The van der Waals surface area contributed by atoms with E-state index in [-0.39, 0.29) is 5.91 Å². The molecule has 1 aromatic carbocycles. The quantitative estimate of drug-likeness (QED) is 0.745. The summed E-state index contributed by atoms with van der Waals surface area (Å²) in [5.74, 6) is 1.87. The number of rotatable bonds is 6. The molecule has 4 rings (SSSR count). The van der Waals surface area contributed by atoms with Gasteiger partial charge in [-0.05, 0) is 48.7 Å². The van der Waals surface area contributed by atoms with Gasteiger partial charge < -0.3 is 14.4 Å². The Morgan fingerprint density at radius 3 is 2.68 bits per heavy atom. The van der Waals surface area contributed by atoms with Crippen molar-refractivity contribution < 1.29 is 14.3 Å². The van der Waals surface area contributed by atoms with Crippen LogP contribution in [-0.2, 0) is 17.9 Å². The Morgan fingerprint density at radius 1 is 1.14 bits per heavy atom. The Kier molecular flexibility index (Phi) is 5.85. The van der Waals surface area contributed by atoms with Gasteiger partial charge >= 0.3 is 0 Å². The number of aryl methyl sites for hydroxylation is 1. The summed E-state index contributed by atoms with van der Waals surface area (Å²) in [7, 11) is 2.02. The van der Waals surface area contributed by atoms with Crippen molar-refractivity contribution in [2.75, 3.05) is 46.6 Å². The van der Waals surface area contributed by atoms with E-state index in [4.69, 9.17) is 9.47 Å². The summed E-state index contributed by atoms with van der Waals surface area (Å²) in [4.78, 5) is 20.5. The van der Waals surface area contributed by atoms with Crippen molar-refractivity contribution >= 4 is 17.2 Å². The number of likely N-dealkylation sites (N-methyl/N-ethyl adjacent to an activating group) is 1. The Balaban J connectivity index is 1.23. The highest BCUT2D eigenvalue weighted by molar-refractivity contribution is 7.10. The minimum Gasteiger partial charge on any atom is -0.454 e. The summed E-state index contributed by atoms with van der Waals surface area (Å²) in [5, 5.41) is 2.11. The molecule has 0 atom stereocenters. The first-order chi connectivity index (χ1) is 13.6. The number of ether oxygens (including phenoxy) is 2. The van der Waals surface area contributed by atoms with Gasteiger partial charge in [0.2, 0.25) is 12.7 Å². The number of hydrogen-bond acceptors (Lipinski definition) is 6. The average molecular weight is 402 g/mol. The van der Waals surface area contributed by atoms with Gasteiger partial charge in [0.25, 0.3) is 0 Å². The van der Waals surface area contributed by atoms with E-state index in [2.05, 4.69) is 40.3 Å². The first kappa shape index (κ1) is 19.2. The molecule has 0 N–H and O–H groups in total. The Morgan fingerprint density at radius 2 is 1.93 bits per heavy atom. The van der Waals surface area contributed by atoms with Crippen LogP contribution in [-0.4, -0.2) is 67.2 Å². The Hall–Kier alpha value is -2.09. The third-order valence-electron chi connectivity index (χ3n) is 5.36. The number of nitrogens with zero attached hydrogens (tertiary/aromatic N) is 3. The van der Waals surface area contributed by atoms with Gasteiger partial charge in [-0.15, -0.1) is 11.3 Å². The van der Waals surface area contributed by atoms with Crippen LogP contribution in [0.1, 0.15) is 16.0 Å². The highest BCUT2D eigenvalue weighted by atomic mass is 32.1. The highest BCUT2D eigenvalue weighted by Gasteiger charge is 2.23. The maximum atomic E-state index is 12.7. The van der Waals surface area contributed by atoms with Crippen LogP contribution in [0.5, 0.6) is 11.5 Å². The largest absolute Gasteiger partial charge is 0.454 e. The SMILES string of the molecule is Cc1ccsc1CN(C)CC(=O)N1CCN(Cc2ccc3c(c2)OCO3)CC1. The first-order valence-corrected chi connectivity index (χ1v) is 10.6. The van der Waals surface area contributed by atoms with E-state index in [0.717, 1.165) is 50.8 Å². The van der Waals surface area contributed by atoms with Gasteiger partial charge in [-0.2, -0.15) is 0 Å². The smallest absolute Gasteiger partial charge is 0.236 e. The van der Waals surface area contributed by atoms with E-state index < -0.39 is 0 Å². The topological polar surface area (TPSA) is 45.3 Å². The average Bonchev–Trinajstić information content (AvgIpc) is 3.31. The monoisotopic (exact) mass is 401 g/mol. The summed E-state index contributed by atoms with van der Waals surface area (Å²) in [6.45, 7) is 7.97. The van der Waals surface area contributed by atoms with Crippen LogP contribution in [0.4, 0.5) is 0 Å². The molecule has 0 spiro atoms. The fourth-order valence-electron chi connectivity index (χ4n) is 3.65. The number of thiophene rings is 1. The second kappa shape index (κ2) is 8.51. The molecule has 150 valence electrons. The van der Waals surface area contributed by atoms with Crippen LogP contribution < -0.4 is 9.47 Å². The Bertz CT molecular complexity index is 830. The zero-order chi connectivity index (χ0) is 19.5. The summed E-state index contributed by atoms with van der Waals surface area (Å²) in [5.41, 5.74) is 2.52. The summed E-state index contributed by atoms with van der Waals surface area (Å²) >= 11 is 1.76. The molecule has 0 aliphatic carbocycles. The third-order valence-corrected chi connectivity index (χ3v) is 6.36. The van der Waals surface area contributed by atoms with Crippen LogP contribution in [0.25, 0.3) is 0 Å². The van der Waals surface area contributed by atoms with E-state index in [1.54, 1.807) is 11.3 Å². The molecule has 7 heteroatoms. The van der Waals surface area contributed by atoms with Gasteiger partial charge in [-0.25, -0.2) is 0 Å². The van der Waals surface area contributed by atoms with Gasteiger partial charge in [0.05, 0.1) is 6.54 Å². The lowest BCUT2D eigenvalue weighted by Crippen LogP contribution is -2.50. The molecule has 0 unspecified atom stereocenters. The molecular weight excluding hydrogens is 374 g/mol. The maximum absolute atomic E-state index is 12.7. The molecule has 2 aliphatic heterocycles. The lowest BCUT2D eigenvalue weighted by atomic mass is 10.1. The molecule has 1 fully saturated rings. The molecule has 1 saturated heterocycles. The molecule has 0 saturated carbocycles. The Labute approximate surface area is 170 Å². The van der Waals surface area contributed by atoms with Crippen LogP contribution in [0.15, 0.2) is 29.6 Å². The fraction of sp³-hybridized carbons (Fsp3) is 0.476. The summed E-state index contributed by atoms with van der Waals surface area (Å²) in [6, 6.07) is 8.26. The van der Waals surface area contributed by atoms with Crippen molar-refractivity contribution in [2.24, 2.45) is 0 Å². The van der Waals surface area contributed by atoms with Gasteiger partial charge in [0, 0.05) is 44.1 Å². The van der Waals surface area contributed by atoms with Crippen molar-refractivity contribution in [3.05, 3.63) is 45.6 Å². The van der Waals surface area contributed by atoms with Crippen molar-refractivity contribution in [1.82, 2.24) is 14.7 Å². The standard InChI is InChI=1S/C21H27N3O3S/c1-16-5-10-28-20(16)13-22(2)14-21(25)24-8-6-23(7-9-24)12-17-3-4-18-19(11-17)27-15-26-18/h3-5,10-11H,6-9,12-15H2,1-2H3. The first-order valence-electron chi connectivity index (χ1n) is 9.68. The van der Waals surface area contributed by atoms with Gasteiger partial charge in [0.1, 0.15) is 0 Å². The van der Waals surface area contributed by atoms with E-state index in [1.165, 1.54) is 16.0 Å². The van der Waals surface area contributed by atoms with Crippen molar-refractivity contribution in [3.63, 3.8) is 0 Å². The number of amides is 1. The molecular formula is C21H27N3O3S. The van der Waals surface area contributed by atoms with E-state index in [1.807, 2.05) is 18.0 Å².